The van der Waals surface area contributed by atoms with E-state index in [2.05, 4.69) is 10.6 Å². The van der Waals surface area contributed by atoms with Gasteiger partial charge in [-0.1, -0.05) is 25.4 Å². The standard InChI is InChI=1S/C20H26ClN3O4.ClH/c1-11(2)7-15(22-3)17(25)24-10-20(9-16(24)18(26)28-4)13-8-12(21)5-6-14(13)23-19(20)27;/h5-6,8,11,15-16,22H,7,9-10H2,1-4H3,(H,23,27);1H/t15-,16-,20-;/m0./s1. The normalized spacial score (nSPS) is 23.6. The minimum Gasteiger partial charge on any atom is -0.467 e. The Bertz CT molecular complexity index is 817. The number of hydrogen-bond acceptors (Lipinski definition) is 5. The molecule has 0 unspecified atom stereocenters. The summed E-state index contributed by atoms with van der Waals surface area (Å²) >= 11 is 6.17. The third kappa shape index (κ3) is 4.09. The predicted octanol–water partition coefficient (Wildman–Crippen LogP) is 2.36. The van der Waals surface area contributed by atoms with Gasteiger partial charge >= 0.3 is 5.97 Å². The zero-order valence-electron chi connectivity index (χ0n) is 17.0. The molecule has 7 nitrogen and oxygen atoms in total. The maximum atomic E-state index is 13.3. The minimum absolute atomic E-state index is 0. The summed E-state index contributed by atoms with van der Waals surface area (Å²) in [5, 5.41) is 6.41. The van der Waals surface area contributed by atoms with Gasteiger partial charge in [0, 0.05) is 17.3 Å². The number of ether oxygens (including phenoxy) is 1. The van der Waals surface area contributed by atoms with Crippen molar-refractivity contribution in [3.63, 3.8) is 0 Å². The lowest BCUT2D eigenvalue weighted by Gasteiger charge is -2.28. The Labute approximate surface area is 181 Å². The average molecular weight is 444 g/mol. The van der Waals surface area contributed by atoms with E-state index < -0.39 is 23.5 Å². The van der Waals surface area contributed by atoms with Gasteiger partial charge in [0.25, 0.3) is 0 Å². The Hall–Kier alpha value is -1.83. The first-order valence-electron chi connectivity index (χ1n) is 9.40. The van der Waals surface area contributed by atoms with Crippen molar-refractivity contribution in [1.82, 2.24) is 10.2 Å². The number of likely N-dealkylation sites (tertiary alicyclic amines) is 1. The topological polar surface area (TPSA) is 87.7 Å². The Morgan fingerprint density at radius 2 is 2.10 bits per heavy atom. The van der Waals surface area contributed by atoms with Crippen LogP contribution >= 0.6 is 24.0 Å². The molecule has 9 heteroatoms. The van der Waals surface area contributed by atoms with Crippen molar-refractivity contribution in [3.8, 4) is 0 Å². The first-order valence-corrected chi connectivity index (χ1v) is 9.78. The van der Waals surface area contributed by atoms with Gasteiger partial charge in [0.2, 0.25) is 11.8 Å². The van der Waals surface area contributed by atoms with Gasteiger partial charge in [-0.3, -0.25) is 9.59 Å². The summed E-state index contributed by atoms with van der Waals surface area (Å²) in [5.41, 5.74) is 0.379. The first-order chi connectivity index (χ1) is 13.2. The number of nitrogens with one attached hydrogen (secondary N) is 2. The average Bonchev–Trinajstić information content (AvgIpc) is 3.18. The van der Waals surface area contributed by atoms with Gasteiger partial charge in [-0.25, -0.2) is 4.79 Å². The van der Waals surface area contributed by atoms with Gasteiger partial charge in [-0.2, -0.15) is 0 Å². The van der Waals surface area contributed by atoms with E-state index >= 15 is 0 Å². The van der Waals surface area contributed by atoms with Crippen molar-refractivity contribution in [2.75, 3.05) is 26.0 Å². The van der Waals surface area contributed by atoms with E-state index in [4.69, 9.17) is 16.3 Å². The molecule has 1 spiro atoms. The highest BCUT2D eigenvalue weighted by Gasteiger charge is 2.58. The van der Waals surface area contributed by atoms with Crippen molar-refractivity contribution in [2.24, 2.45) is 5.92 Å². The lowest BCUT2D eigenvalue weighted by molar-refractivity contribution is -0.151. The number of amides is 2. The molecule has 1 aromatic rings. The molecule has 0 aromatic heterocycles. The fraction of sp³-hybridized carbons (Fsp3) is 0.550. The van der Waals surface area contributed by atoms with Gasteiger partial charge in [0.05, 0.1) is 18.6 Å². The van der Waals surface area contributed by atoms with Crippen LogP contribution < -0.4 is 10.6 Å². The molecule has 1 fully saturated rings. The highest BCUT2D eigenvalue weighted by Crippen LogP contribution is 2.47. The lowest BCUT2D eigenvalue weighted by atomic mass is 9.79. The van der Waals surface area contributed by atoms with E-state index in [1.807, 2.05) is 13.8 Å². The van der Waals surface area contributed by atoms with Crippen LogP contribution in [-0.2, 0) is 24.5 Å². The van der Waals surface area contributed by atoms with Crippen LogP contribution in [0.5, 0.6) is 0 Å². The number of carbonyl (C=O) groups excluding carboxylic acids is 3. The highest BCUT2D eigenvalue weighted by atomic mass is 35.5. The van der Waals surface area contributed by atoms with Crippen molar-refractivity contribution in [1.29, 1.82) is 0 Å². The van der Waals surface area contributed by atoms with E-state index in [1.54, 1.807) is 25.2 Å². The summed E-state index contributed by atoms with van der Waals surface area (Å²) < 4.78 is 4.95. The number of nitrogens with zero attached hydrogens (tertiary/aromatic N) is 1. The zero-order chi connectivity index (χ0) is 20.6. The SMILES string of the molecule is CN[C@@H](CC(C)C)C(=O)N1C[C@]2(C[C@H]1C(=O)OC)C(=O)Nc1ccc(Cl)cc12.Cl. The zero-order valence-corrected chi connectivity index (χ0v) is 18.5. The number of halogens is 2. The number of esters is 1. The largest absolute Gasteiger partial charge is 0.467 e. The van der Waals surface area contributed by atoms with Crippen LogP contribution in [0.2, 0.25) is 5.02 Å². The van der Waals surface area contributed by atoms with Crippen molar-refractivity contribution >= 4 is 47.5 Å². The molecule has 0 saturated carbocycles. The van der Waals surface area contributed by atoms with Crippen LogP contribution in [0, 0.1) is 5.92 Å². The fourth-order valence-corrected chi connectivity index (χ4v) is 4.42. The number of fused-ring (bicyclic) bond motifs is 2. The number of methoxy groups -OCH3 is 1. The van der Waals surface area contributed by atoms with E-state index in [0.29, 0.717) is 23.0 Å². The first kappa shape index (κ1) is 23.4. The summed E-state index contributed by atoms with van der Waals surface area (Å²) in [6, 6.07) is 3.93. The van der Waals surface area contributed by atoms with Crippen LogP contribution in [0.1, 0.15) is 32.3 Å². The molecule has 2 amide bonds. The van der Waals surface area contributed by atoms with Crippen molar-refractivity contribution in [3.05, 3.63) is 28.8 Å². The second-order valence-electron chi connectivity index (χ2n) is 7.91. The number of carbonyl (C=O) groups is 3. The van der Waals surface area contributed by atoms with E-state index in [9.17, 15) is 14.4 Å². The smallest absolute Gasteiger partial charge is 0.328 e. The molecule has 3 rings (SSSR count). The molecule has 0 aliphatic carbocycles. The Balaban J connectivity index is 0.00000300. The second kappa shape index (κ2) is 8.90. The summed E-state index contributed by atoms with van der Waals surface area (Å²) in [6.45, 7) is 4.17. The molecule has 0 bridgehead atoms. The number of likely N-dealkylation sites (N-methyl/N-ethyl adjacent to an activating group) is 1. The molecule has 1 aromatic carbocycles. The van der Waals surface area contributed by atoms with E-state index in [1.165, 1.54) is 12.0 Å². The van der Waals surface area contributed by atoms with Gasteiger partial charge in [0.15, 0.2) is 0 Å². The molecule has 2 aliphatic rings. The molecule has 29 heavy (non-hydrogen) atoms. The predicted molar refractivity (Wildman–Crippen MR) is 113 cm³/mol. The summed E-state index contributed by atoms with van der Waals surface area (Å²) in [7, 11) is 3.01. The third-order valence-electron chi connectivity index (χ3n) is 5.65. The Morgan fingerprint density at radius 1 is 1.41 bits per heavy atom. The molecule has 2 heterocycles. The maximum absolute atomic E-state index is 13.3. The van der Waals surface area contributed by atoms with Crippen LogP contribution in [0.4, 0.5) is 5.69 Å². The lowest BCUT2D eigenvalue weighted by Crippen LogP contribution is -2.50. The molecule has 2 aliphatic heterocycles. The van der Waals surface area contributed by atoms with Gasteiger partial charge in [-0.05, 0) is 49.6 Å². The van der Waals surface area contributed by atoms with Crippen LogP contribution in [0.15, 0.2) is 18.2 Å². The number of benzene rings is 1. The molecule has 160 valence electrons. The third-order valence-corrected chi connectivity index (χ3v) is 5.88. The fourth-order valence-electron chi connectivity index (χ4n) is 4.24. The Kier molecular flexibility index (Phi) is 7.19. The van der Waals surface area contributed by atoms with Crippen LogP contribution in [-0.4, -0.2) is 55.5 Å². The van der Waals surface area contributed by atoms with Crippen molar-refractivity contribution in [2.45, 2.75) is 44.2 Å². The van der Waals surface area contributed by atoms with Gasteiger partial charge < -0.3 is 20.3 Å². The summed E-state index contributed by atoms with van der Waals surface area (Å²) in [6.07, 6.45) is 0.796. The van der Waals surface area contributed by atoms with E-state index in [-0.39, 0.29) is 37.2 Å². The van der Waals surface area contributed by atoms with Crippen molar-refractivity contribution < 1.29 is 19.1 Å². The minimum atomic E-state index is -1.01. The molecule has 2 N–H and O–H groups in total. The molecular formula is C20H27Cl2N3O4. The monoisotopic (exact) mass is 443 g/mol. The second-order valence-corrected chi connectivity index (χ2v) is 8.34. The van der Waals surface area contributed by atoms with Crippen LogP contribution in [0.3, 0.4) is 0 Å². The van der Waals surface area contributed by atoms with Gasteiger partial charge in [-0.15, -0.1) is 12.4 Å². The molecule has 1 saturated heterocycles. The summed E-state index contributed by atoms with van der Waals surface area (Å²) in [5.74, 6) is -0.651. The van der Waals surface area contributed by atoms with Crippen LogP contribution in [0.25, 0.3) is 0 Å². The number of hydrogen-bond donors (Lipinski definition) is 2. The number of anilines is 1. The van der Waals surface area contributed by atoms with E-state index in [0.717, 1.165) is 5.56 Å². The molecular weight excluding hydrogens is 417 g/mol. The quantitative estimate of drug-likeness (QED) is 0.681. The van der Waals surface area contributed by atoms with Gasteiger partial charge in [0.1, 0.15) is 6.04 Å². The molecule has 0 radical (unpaired) electrons. The maximum Gasteiger partial charge on any atom is 0.328 e. The Morgan fingerprint density at radius 3 is 2.69 bits per heavy atom. The summed E-state index contributed by atoms with van der Waals surface area (Å²) in [4.78, 5) is 40.2. The number of rotatable bonds is 5. The molecule has 3 atom stereocenters. The highest BCUT2D eigenvalue weighted by molar-refractivity contribution is 6.31.